The third-order valence-electron chi connectivity index (χ3n) is 5.64. The summed E-state index contributed by atoms with van der Waals surface area (Å²) in [6, 6.07) is 12.9. The number of amides is 1. The number of hydrogen-bond donors (Lipinski definition) is 2. The second-order valence-corrected chi connectivity index (χ2v) is 7.29. The van der Waals surface area contributed by atoms with E-state index >= 15 is 0 Å². The summed E-state index contributed by atoms with van der Waals surface area (Å²) in [5, 5.41) is 1.99. The zero-order valence-electron chi connectivity index (χ0n) is 15.1. The lowest BCUT2D eigenvalue weighted by Crippen LogP contribution is -2.36. The number of aromatic nitrogens is 2. The molecule has 136 valence electrons. The molecule has 5 rings (SSSR count). The summed E-state index contributed by atoms with van der Waals surface area (Å²) in [5.74, 6) is -0.138. The molecule has 0 fully saturated rings. The van der Waals surface area contributed by atoms with Crippen LogP contribution in [-0.4, -0.2) is 27.3 Å². The van der Waals surface area contributed by atoms with Crippen LogP contribution in [0.2, 0.25) is 0 Å². The molecule has 1 aliphatic rings. The van der Waals surface area contributed by atoms with E-state index < -0.39 is 0 Å². The van der Waals surface area contributed by atoms with E-state index in [1.54, 1.807) is 12.1 Å². The van der Waals surface area contributed by atoms with Gasteiger partial charge in [-0.3, -0.25) is 4.79 Å². The highest BCUT2D eigenvalue weighted by Crippen LogP contribution is 2.29. The minimum atomic E-state index is -0.248. The van der Waals surface area contributed by atoms with Crippen LogP contribution in [0, 0.1) is 12.7 Å². The number of halogens is 1. The molecule has 0 atom stereocenters. The van der Waals surface area contributed by atoms with Gasteiger partial charge in [-0.2, -0.15) is 0 Å². The molecule has 1 aliphatic heterocycles. The second-order valence-electron chi connectivity index (χ2n) is 7.29. The number of benzene rings is 2. The normalized spacial score (nSPS) is 14.1. The molecular weight excluding hydrogens is 341 g/mol. The number of para-hydroxylation sites is 1. The summed E-state index contributed by atoms with van der Waals surface area (Å²) < 4.78 is 13.7. The molecule has 4 nitrogen and oxygen atoms in total. The van der Waals surface area contributed by atoms with Crippen LogP contribution in [0.3, 0.4) is 0 Å². The third kappa shape index (κ3) is 2.62. The maximum absolute atomic E-state index is 13.7. The van der Waals surface area contributed by atoms with E-state index in [2.05, 4.69) is 16.0 Å². The van der Waals surface area contributed by atoms with E-state index in [1.807, 2.05) is 30.0 Å². The molecule has 2 aromatic carbocycles. The van der Waals surface area contributed by atoms with Gasteiger partial charge < -0.3 is 14.9 Å². The summed E-state index contributed by atoms with van der Waals surface area (Å²) in [6.07, 6.45) is 1.14. The van der Waals surface area contributed by atoms with Gasteiger partial charge in [0.15, 0.2) is 0 Å². The van der Waals surface area contributed by atoms with Crippen LogP contribution < -0.4 is 0 Å². The quantitative estimate of drug-likeness (QED) is 0.552. The number of hydrogen-bond acceptors (Lipinski definition) is 1. The summed E-state index contributed by atoms with van der Waals surface area (Å²) >= 11 is 0. The van der Waals surface area contributed by atoms with Crippen molar-refractivity contribution in [3.05, 3.63) is 70.8 Å². The van der Waals surface area contributed by atoms with Crippen molar-refractivity contribution >= 4 is 27.7 Å². The van der Waals surface area contributed by atoms with Crippen molar-refractivity contribution in [3.8, 4) is 0 Å². The Balaban J connectivity index is 1.44. The van der Waals surface area contributed by atoms with Crippen molar-refractivity contribution in [2.45, 2.75) is 26.3 Å². The van der Waals surface area contributed by atoms with Crippen molar-refractivity contribution < 1.29 is 9.18 Å². The van der Waals surface area contributed by atoms with Gasteiger partial charge in [-0.15, -0.1) is 0 Å². The van der Waals surface area contributed by atoms with Gasteiger partial charge in [0.25, 0.3) is 0 Å². The van der Waals surface area contributed by atoms with Crippen LogP contribution in [-0.2, 0) is 24.2 Å². The van der Waals surface area contributed by atoms with Gasteiger partial charge in [0.2, 0.25) is 5.91 Å². The second kappa shape index (κ2) is 5.98. The van der Waals surface area contributed by atoms with E-state index in [0.29, 0.717) is 19.5 Å². The number of aryl methyl sites for hydroxylation is 1. The Morgan fingerprint density at radius 2 is 1.93 bits per heavy atom. The smallest absolute Gasteiger partial charge is 0.227 e. The van der Waals surface area contributed by atoms with E-state index in [-0.39, 0.29) is 11.7 Å². The number of carbonyl (C=O) groups is 1. The highest BCUT2D eigenvalue weighted by Gasteiger charge is 2.25. The zero-order chi connectivity index (χ0) is 18.5. The van der Waals surface area contributed by atoms with Crippen molar-refractivity contribution in [2.24, 2.45) is 0 Å². The van der Waals surface area contributed by atoms with Crippen molar-refractivity contribution in [2.75, 3.05) is 6.54 Å². The Kier molecular flexibility index (Phi) is 3.57. The van der Waals surface area contributed by atoms with Gasteiger partial charge in [0.05, 0.1) is 6.42 Å². The van der Waals surface area contributed by atoms with Crippen molar-refractivity contribution in [3.63, 3.8) is 0 Å². The summed E-state index contributed by atoms with van der Waals surface area (Å²) in [6.45, 7) is 3.22. The molecule has 1 amide bonds. The van der Waals surface area contributed by atoms with Gasteiger partial charge in [0.1, 0.15) is 5.82 Å². The van der Waals surface area contributed by atoms with E-state index in [0.717, 1.165) is 50.7 Å². The molecule has 2 N–H and O–H groups in total. The van der Waals surface area contributed by atoms with Crippen LogP contribution in [0.4, 0.5) is 4.39 Å². The monoisotopic (exact) mass is 361 g/mol. The first-order valence-corrected chi connectivity index (χ1v) is 9.23. The molecule has 3 heterocycles. The number of H-pyrrole nitrogens is 2. The lowest BCUT2D eigenvalue weighted by atomic mass is 10.0. The number of nitrogens with zero attached hydrogens (tertiary/aromatic N) is 1. The topological polar surface area (TPSA) is 51.9 Å². The maximum Gasteiger partial charge on any atom is 0.227 e. The predicted octanol–water partition coefficient (Wildman–Crippen LogP) is 4.22. The highest BCUT2D eigenvalue weighted by molar-refractivity contribution is 5.91. The molecule has 27 heavy (non-hydrogen) atoms. The highest BCUT2D eigenvalue weighted by atomic mass is 19.1. The zero-order valence-corrected chi connectivity index (χ0v) is 15.1. The summed E-state index contributed by atoms with van der Waals surface area (Å²) in [5.41, 5.74) is 6.25. The molecule has 2 aromatic heterocycles. The fourth-order valence-corrected chi connectivity index (χ4v) is 4.22. The molecule has 5 heteroatoms. The molecular formula is C22H20FN3O. The fourth-order valence-electron chi connectivity index (χ4n) is 4.22. The predicted molar refractivity (Wildman–Crippen MR) is 104 cm³/mol. The maximum atomic E-state index is 13.7. The molecule has 0 saturated heterocycles. The fraction of sp³-hybridized carbons (Fsp3) is 0.227. The van der Waals surface area contributed by atoms with Gasteiger partial charge in [-0.25, -0.2) is 4.39 Å². The van der Waals surface area contributed by atoms with Gasteiger partial charge in [-0.1, -0.05) is 18.2 Å². The lowest BCUT2D eigenvalue weighted by Gasteiger charge is -2.27. The first-order chi connectivity index (χ1) is 13.1. The Hall–Kier alpha value is -3.08. The standard InChI is InChI=1S/C22H20FN3O/c1-13-16(15-4-2-3-5-19(15)24-13)11-22(27)26-9-8-21-18(12-26)17-10-14(23)6-7-20(17)25-21/h2-7,10,24-25H,8-9,11-12H2,1H3. The SMILES string of the molecule is Cc1[nH]c2ccccc2c1CC(=O)N1CCc2[nH]c3ccc(F)cc3c2C1. The Morgan fingerprint density at radius 1 is 1.11 bits per heavy atom. The van der Waals surface area contributed by atoms with E-state index in [9.17, 15) is 9.18 Å². The number of fused-ring (bicyclic) bond motifs is 4. The first-order valence-electron chi connectivity index (χ1n) is 9.23. The van der Waals surface area contributed by atoms with Crippen LogP contribution in [0.25, 0.3) is 21.8 Å². The first kappa shape index (κ1) is 16.1. The molecule has 4 aromatic rings. The van der Waals surface area contributed by atoms with Crippen LogP contribution in [0.15, 0.2) is 42.5 Å². The average Bonchev–Trinajstić information content (AvgIpc) is 3.18. The minimum absolute atomic E-state index is 0.110. The Labute approximate surface area is 156 Å². The number of rotatable bonds is 2. The average molecular weight is 361 g/mol. The molecule has 0 bridgehead atoms. The molecule has 0 saturated carbocycles. The Bertz CT molecular complexity index is 1190. The van der Waals surface area contributed by atoms with Gasteiger partial charge in [0, 0.05) is 58.3 Å². The van der Waals surface area contributed by atoms with Crippen LogP contribution >= 0.6 is 0 Å². The molecule has 0 aliphatic carbocycles. The third-order valence-corrected chi connectivity index (χ3v) is 5.64. The summed E-state index contributed by atoms with van der Waals surface area (Å²) in [4.78, 5) is 21.6. The number of nitrogens with one attached hydrogen (secondary N) is 2. The van der Waals surface area contributed by atoms with Crippen molar-refractivity contribution in [1.29, 1.82) is 0 Å². The van der Waals surface area contributed by atoms with Crippen molar-refractivity contribution in [1.82, 2.24) is 14.9 Å². The number of carbonyl (C=O) groups excluding carboxylic acids is 1. The largest absolute Gasteiger partial charge is 0.358 e. The van der Waals surface area contributed by atoms with E-state index in [4.69, 9.17) is 0 Å². The van der Waals surface area contributed by atoms with Crippen LogP contribution in [0.1, 0.15) is 22.5 Å². The number of aromatic amines is 2. The van der Waals surface area contributed by atoms with E-state index in [1.165, 1.54) is 6.07 Å². The minimum Gasteiger partial charge on any atom is -0.358 e. The van der Waals surface area contributed by atoms with Gasteiger partial charge >= 0.3 is 0 Å². The molecule has 0 spiro atoms. The summed E-state index contributed by atoms with van der Waals surface area (Å²) in [7, 11) is 0. The molecule has 0 unspecified atom stereocenters. The van der Waals surface area contributed by atoms with Gasteiger partial charge in [-0.05, 0) is 36.8 Å². The lowest BCUT2D eigenvalue weighted by molar-refractivity contribution is -0.131. The Morgan fingerprint density at radius 3 is 2.81 bits per heavy atom. The van der Waals surface area contributed by atoms with Crippen LogP contribution in [0.5, 0.6) is 0 Å². The molecule has 0 radical (unpaired) electrons.